The van der Waals surface area contributed by atoms with Gasteiger partial charge in [0.25, 0.3) is 5.91 Å². The van der Waals surface area contributed by atoms with Gasteiger partial charge in [-0.15, -0.1) is 0 Å². The summed E-state index contributed by atoms with van der Waals surface area (Å²) in [6, 6.07) is 13.1. The Bertz CT molecular complexity index is 770. The van der Waals surface area contributed by atoms with E-state index in [4.69, 9.17) is 10.00 Å². The minimum absolute atomic E-state index is 0.00948. The molecule has 1 aromatic heterocycles. The second-order valence-electron chi connectivity index (χ2n) is 6.06. The quantitative estimate of drug-likeness (QED) is 0.853. The van der Waals surface area contributed by atoms with Gasteiger partial charge in [-0.25, -0.2) is 4.98 Å². The molecule has 1 aliphatic heterocycles. The Hall–Kier alpha value is -2.71. The van der Waals surface area contributed by atoms with E-state index in [1.807, 2.05) is 36.9 Å². The second-order valence-corrected chi connectivity index (χ2v) is 6.06. The number of nitriles is 1. The van der Waals surface area contributed by atoms with Crippen LogP contribution < -0.4 is 0 Å². The molecular weight excluding hydrogens is 302 g/mol. The van der Waals surface area contributed by atoms with Gasteiger partial charge in [0.05, 0.1) is 12.2 Å². The molecule has 2 aromatic rings. The predicted octanol–water partition coefficient (Wildman–Crippen LogP) is 2.87. The molecule has 0 unspecified atom stereocenters. The van der Waals surface area contributed by atoms with Crippen molar-refractivity contribution in [3.63, 3.8) is 0 Å². The van der Waals surface area contributed by atoms with Crippen molar-refractivity contribution in [1.29, 1.82) is 5.26 Å². The molecule has 1 amide bonds. The molecule has 5 heteroatoms. The van der Waals surface area contributed by atoms with E-state index in [0.29, 0.717) is 24.3 Å². The third-order valence-electron chi connectivity index (χ3n) is 4.06. The van der Waals surface area contributed by atoms with Gasteiger partial charge in [-0.3, -0.25) is 4.79 Å². The third kappa shape index (κ3) is 3.29. The first-order valence-electron chi connectivity index (χ1n) is 7.98. The van der Waals surface area contributed by atoms with Crippen LogP contribution in [0.5, 0.6) is 0 Å². The van der Waals surface area contributed by atoms with E-state index in [9.17, 15) is 4.79 Å². The van der Waals surface area contributed by atoms with Crippen LogP contribution in [0.1, 0.15) is 29.9 Å². The van der Waals surface area contributed by atoms with E-state index in [1.165, 1.54) is 0 Å². The predicted molar refractivity (Wildman–Crippen MR) is 90.3 cm³/mol. The minimum Gasteiger partial charge on any atom is -0.372 e. The minimum atomic E-state index is 0.00948. The number of amides is 1. The Kier molecular flexibility index (Phi) is 4.59. The molecule has 1 fully saturated rings. The van der Waals surface area contributed by atoms with Crippen molar-refractivity contribution in [2.75, 3.05) is 13.1 Å². The molecule has 0 N–H and O–H groups in total. The molecule has 5 nitrogen and oxygen atoms in total. The van der Waals surface area contributed by atoms with Crippen LogP contribution >= 0.6 is 0 Å². The molecule has 0 spiro atoms. The van der Waals surface area contributed by atoms with Crippen molar-refractivity contribution in [3.8, 4) is 17.2 Å². The largest absolute Gasteiger partial charge is 0.372 e. The molecule has 0 radical (unpaired) electrons. The van der Waals surface area contributed by atoms with Crippen molar-refractivity contribution in [2.45, 2.75) is 26.1 Å². The lowest BCUT2D eigenvalue weighted by Gasteiger charge is -2.35. The Morgan fingerprint density at radius 3 is 2.50 bits per heavy atom. The number of hydrogen-bond acceptors (Lipinski definition) is 4. The van der Waals surface area contributed by atoms with Gasteiger partial charge in [-0.1, -0.05) is 12.1 Å². The van der Waals surface area contributed by atoms with E-state index in [1.54, 1.807) is 24.4 Å². The van der Waals surface area contributed by atoms with E-state index in [0.717, 1.165) is 11.1 Å². The van der Waals surface area contributed by atoms with Crippen LogP contribution in [0.15, 0.2) is 42.6 Å². The topological polar surface area (TPSA) is 66.2 Å². The molecule has 2 heterocycles. The number of aromatic nitrogens is 1. The fourth-order valence-corrected chi connectivity index (χ4v) is 3.05. The zero-order chi connectivity index (χ0) is 17.1. The fraction of sp³-hybridized carbons (Fsp3) is 0.316. The van der Waals surface area contributed by atoms with Crippen LogP contribution in [-0.4, -0.2) is 41.1 Å². The van der Waals surface area contributed by atoms with Crippen LogP contribution in [0.2, 0.25) is 0 Å². The van der Waals surface area contributed by atoms with E-state index < -0.39 is 0 Å². The Balaban J connectivity index is 1.82. The molecule has 1 aromatic carbocycles. The zero-order valence-corrected chi connectivity index (χ0v) is 13.8. The first-order chi connectivity index (χ1) is 11.6. The van der Waals surface area contributed by atoms with Crippen molar-refractivity contribution in [2.24, 2.45) is 0 Å². The standard InChI is InChI=1S/C19H19N3O2/c1-13-11-22(12-14(2)24-13)19(23)16-7-5-15(6-8-16)17-4-3-9-21-18(17)10-20/h3-9,13-14H,11-12H2,1-2H3/t13-,14+. The van der Waals surface area contributed by atoms with Gasteiger partial charge < -0.3 is 9.64 Å². The molecule has 24 heavy (non-hydrogen) atoms. The number of carbonyl (C=O) groups is 1. The number of pyridine rings is 1. The monoisotopic (exact) mass is 321 g/mol. The molecule has 0 saturated carbocycles. The lowest BCUT2D eigenvalue weighted by Crippen LogP contribution is -2.48. The number of hydrogen-bond donors (Lipinski definition) is 0. The van der Waals surface area contributed by atoms with Crippen molar-refractivity contribution in [1.82, 2.24) is 9.88 Å². The molecule has 2 atom stereocenters. The molecular formula is C19H19N3O2. The lowest BCUT2D eigenvalue weighted by molar-refractivity contribution is -0.0586. The average Bonchev–Trinajstić information content (AvgIpc) is 2.60. The van der Waals surface area contributed by atoms with Crippen LogP contribution in [0.25, 0.3) is 11.1 Å². The summed E-state index contributed by atoms with van der Waals surface area (Å²) in [6.07, 6.45) is 1.69. The lowest BCUT2D eigenvalue weighted by atomic mass is 10.0. The SMILES string of the molecule is C[C@@H]1CN(C(=O)c2ccc(-c3cccnc3C#N)cc2)C[C@H](C)O1. The summed E-state index contributed by atoms with van der Waals surface area (Å²) in [7, 11) is 0. The number of carbonyl (C=O) groups excluding carboxylic acids is 1. The van der Waals surface area contributed by atoms with Crippen molar-refractivity contribution < 1.29 is 9.53 Å². The highest BCUT2D eigenvalue weighted by molar-refractivity contribution is 5.95. The van der Waals surface area contributed by atoms with E-state index >= 15 is 0 Å². The van der Waals surface area contributed by atoms with Crippen LogP contribution in [0, 0.1) is 11.3 Å². The number of nitrogens with zero attached hydrogens (tertiary/aromatic N) is 3. The second kappa shape index (κ2) is 6.81. The van der Waals surface area contributed by atoms with Gasteiger partial charge in [-0.05, 0) is 43.7 Å². The molecule has 1 aliphatic rings. The highest BCUT2D eigenvalue weighted by atomic mass is 16.5. The maximum absolute atomic E-state index is 12.7. The Labute approximate surface area is 141 Å². The van der Waals surface area contributed by atoms with Gasteiger partial charge in [0, 0.05) is 30.4 Å². The van der Waals surface area contributed by atoms with Crippen LogP contribution in [-0.2, 0) is 4.74 Å². The van der Waals surface area contributed by atoms with Crippen molar-refractivity contribution in [3.05, 3.63) is 53.9 Å². The van der Waals surface area contributed by atoms with E-state index in [-0.39, 0.29) is 18.1 Å². The highest BCUT2D eigenvalue weighted by Crippen LogP contribution is 2.23. The maximum atomic E-state index is 12.7. The maximum Gasteiger partial charge on any atom is 0.254 e. The van der Waals surface area contributed by atoms with Gasteiger partial charge in [-0.2, -0.15) is 5.26 Å². The summed E-state index contributed by atoms with van der Waals surface area (Å²) >= 11 is 0. The number of morpholine rings is 1. The summed E-state index contributed by atoms with van der Waals surface area (Å²) in [6.45, 7) is 5.16. The molecule has 0 aliphatic carbocycles. The molecule has 3 rings (SSSR count). The van der Waals surface area contributed by atoms with Crippen LogP contribution in [0.4, 0.5) is 0 Å². The summed E-state index contributed by atoms with van der Waals surface area (Å²) in [4.78, 5) is 18.6. The summed E-state index contributed by atoms with van der Waals surface area (Å²) in [5.41, 5.74) is 2.67. The summed E-state index contributed by atoms with van der Waals surface area (Å²) < 4.78 is 5.67. The third-order valence-corrected chi connectivity index (χ3v) is 4.06. The van der Waals surface area contributed by atoms with Gasteiger partial charge in [0.2, 0.25) is 0 Å². The van der Waals surface area contributed by atoms with Gasteiger partial charge in [0.15, 0.2) is 0 Å². The van der Waals surface area contributed by atoms with E-state index in [2.05, 4.69) is 11.1 Å². The Morgan fingerprint density at radius 2 is 1.88 bits per heavy atom. The Morgan fingerprint density at radius 1 is 1.21 bits per heavy atom. The van der Waals surface area contributed by atoms with Gasteiger partial charge >= 0.3 is 0 Å². The summed E-state index contributed by atoms with van der Waals surface area (Å²) in [5.74, 6) is 0.00948. The normalized spacial score (nSPS) is 20.5. The first kappa shape index (κ1) is 16.2. The first-order valence-corrected chi connectivity index (χ1v) is 7.98. The smallest absolute Gasteiger partial charge is 0.254 e. The highest BCUT2D eigenvalue weighted by Gasteiger charge is 2.26. The average molecular weight is 321 g/mol. The molecule has 122 valence electrons. The molecule has 1 saturated heterocycles. The fourth-order valence-electron chi connectivity index (χ4n) is 3.05. The number of ether oxygens (including phenoxy) is 1. The number of rotatable bonds is 2. The number of benzene rings is 1. The van der Waals surface area contributed by atoms with Gasteiger partial charge in [0.1, 0.15) is 11.8 Å². The zero-order valence-electron chi connectivity index (χ0n) is 13.8. The van der Waals surface area contributed by atoms with Crippen LogP contribution in [0.3, 0.4) is 0 Å². The van der Waals surface area contributed by atoms with Crippen molar-refractivity contribution >= 4 is 5.91 Å². The summed E-state index contributed by atoms with van der Waals surface area (Å²) in [5, 5.41) is 9.16. The molecule has 0 bridgehead atoms.